The second kappa shape index (κ2) is 5.44. The number of hydrogen-bond acceptors (Lipinski definition) is 2. The van der Waals surface area contributed by atoms with Gasteiger partial charge in [0.05, 0.1) is 0 Å². The summed E-state index contributed by atoms with van der Waals surface area (Å²) >= 11 is 5.40. The fourth-order valence-corrected chi connectivity index (χ4v) is 2.30. The van der Waals surface area contributed by atoms with E-state index in [2.05, 4.69) is 4.72 Å². The Hall–Kier alpha value is -0.650. The molecule has 0 fully saturated rings. The van der Waals surface area contributed by atoms with E-state index in [9.17, 15) is 12.8 Å². The summed E-state index contributed by atoms with van der Waals surface area (Å²) < 4.78 is 38.5. The van der Waals surface area contributed by atoms with Crippen molar-refractivity contribution >= 4 is 21.6 Å². The van der Waals surface area contributed by atoms with Crippen molar-refractivity contribution in [2.45, 2.75) is 11.3 Å². The van der Waals surface area contributed by atoms with Crippen molar-refractivity contribution in [2.24, 2.45) is 0 Å². The summed E-state index contributed by atoms with van der Waals surface area (Å²) in [4.78, 5) is -0.334. The summed E-state index contributed by atoms with van der Waals surface area (Å²) in [5, 5.41) is 0. The molecule has 0 amide bonds. The third-order valence-corrected chi connectivity index (χ3v) is 3.49. The molecule has 1 aromatic rings. The van der Waals surface area contributed by atoms with E-state index in [1.807, 2.05) is 0 Å². The second-order valence-electron chi connectivity index (χ2n) is 2.87. The van der Waals surface area contributed by atoms with Gasteiger partial charge in [-0.15, -0.1) is 11.6 Å². The molecule has 84 valence electrons. The van der Waals surface area contributed by atoms with Crippen LogP contribution >= 0.6 is 11.6 Å². The van der Waals surface area contributed by atoms with Gasteiger partial charge in [0, 0.05) is 12.4 Å². The zero-order chi connectivity index (χ0) is 11.3. The number of benzene rings is 1. The molecule has 0 atom stereocenters. The Morgan fingerprint density at radius 3 is 2.60 bits per heavy atom. The van der Waals surface area contributed by atoms with Crippen molar-refractivity contribution in [3.8, 4) is 0 Å². The van der Waals surface area contributed by atoms with Crippen molar-refractivity contribution in [2.75, 3.05) is 12.4 Å². The van der Waals surface area contributed by atoms with Crippen molar-refractivity contribution < 1.29 is 12.8 Å². The molecule has 3 nitrogen and oxygen atoms in total. The van der Waals surface area contributed by atoms with Gasteiger partial charge in [0.2, 0.25) is 10.0 Å². The topological polar surface area (TPSA) is 46.2 Å². The van der Waals surface area contributed by atoms with E-state index in [0.29, 0.717) is 12.3 Å². The number of rotatable bonds is 5. The first-order chi connectivity index (χ1) is 7.08. The Kier molecular flexibility index (Phi) is 4.50. The monoisotopic (exact) mass is 251 g/mol. The minimum absolute atomic E-state index is 0.208. The van der Waals surface area contributed by atoms with Crippen LogP contribution in [0.2, 0.25) is 0 Å². The predicted octanol–water partition coefficient (Wildman–Crippen LogP) is 1.73. The normalized spacial score (nSPS) is 11.6. The van der Waals surface area contributed by atoms with Crippen molar-refractivity contribution in [3.05, 3.63) is 30.1 Å². The van der Waals surface area contributed by atoms with Crippen LogP contribution in [0, 0.1) is 5.82 Å². The average Bonchev–Trinajstić information content (AvgIpc) is 2.18. The van der Waals surface area contributed by atoms with Gasteiger partial charge in [-0.25, -0.2) is 17.5 Å². The third kappa shape index (κ3) is 3.44. The SMILES string of the molecule is O=S(=O)(NCCCCl)c1ccccc1F. The number of halogens is 2. The Bertz CT molecular complexity index is 422. The van der Waals surface area contributed by atoms with Gasteiger partial charge in [-0.3, -0.25) is 0 Å². The number of nitrogens with one attached hydrogen (secondary N) is 1. The molecule has 0 aliphatic rings. The molecule has 6 heteroatoms. The molecule has 0 spiro atoms. The van der Waals surface area contributed by atoms with Crippen LogP contribution in [-0.2, 0) is 10.0 Å². The number of sulfonamides is 1. The molecule has 0 heterocycles. The van der Waals surface area contributed by atoms with Crippen molar-refractivity contribution in [3.63, 3.8) is 0 Å². The van der Waals surface area contributed by atoms with E-state index in [1.165, 1.54) is 18.2 Å². The standard InChI is InChI=1S/C9H11ClFNO2S/c10-6-3-7-12-15(13,14)9-5-2-1-4-8(9)11/h1-2,4-5,12H,3,6-7H2. The van der Waals surface area contributed by atoms with Crippen LogP contribution in [-0.4, -0.2) is 20.8 Å². The molecule has 1 aromatic carbocycles. The lowest BCUT2D eigenvalue weighted by Gasteiger charge is -2.06. The van der Waals surface area contributed by atoms with Crippen LogP contribution in [0.5, 0.6) is 0 Å². The summed E-state index contributed by atoms with van der Waals surface area (Å²) in [5.41, 5.74) is 0. The van der Waals surface area contributed by atoms with Crippen LogP contribution < -0.4 is 4.72 Å². The molecule has 15 heavy (non-hydrogen) atoms. The van der Waals surface area contributed by atoms with Gasteiger partial charge in [0.15, 0.2) is 0 Å². The first-order valence-corrected chi connectivity index (χ1v) is 6.40. The van der Waals surface area contributed by atoms with Crippen LogP contribution in [0.3, 0.4) is 0 Å². The molecule has 0 aliphatic heterocycles. The lowest BCUT2D eigenvalue weighted by atomic mass is 10.4. The molecule has 1 N–H and O–H groups in total. The molecule has 0 saturated carbocycles. The second-order valence-corrected chi connectivity index (χ2v) is 4.98. The molecule has 1 rings (SSSR count). The Morgan fingerprint density at radius 1 is 1.33 bits per heavy atom. The van der Waals surface area contributed by atoms with Crippen molar-refractivity contribution in [1.29, 1.82) is 0 Å². The Balaban J connectivity index is 2.83. The highest BCUT2D eigenvalue weighted by molar-refractivity contribution is 7.89. The smallest absolute Gasteiger partial charge is 0.211 e. The fourth-order valence-electron chi connectivity index (χ4n) is 1.01. The van der Waals surface area contributed by atoms with Crippen LogP contribution in [0.1, 0.15) is 6.42 Å². The van der Waals surface area contributed by atoms with E-state index in [1.54, 1.807) is 0 Å². The number of hydrogen-bond donors (Lipinski definition) is 1. The van der Waals surface area contributed by atoms with Gasteiger partial charge in [0.25, 0.3) is 0 Å². The maximum Gasteiger partial charge on any atom is 0.243 e. The lowest BCUT2D eigenvalue weighted by Crippen LogP contribution is -2.25. The van der Waals surface area contributed by atoms with Crippen LogP contribution in [0.25, 0.3) is 0 Å². The molecular formula is C9H11ClFNO2S. The van der Waals surface area contributed by atoms with Gasteiger partial charge in [0.1, 0.15) is 10.7 Å². The molecule has 0 bridgehead atoms. The first-order valence-electron chi connectivity index (χ1n) is 4.38. The van der Waals surface area contributed by atoms with E-state index < -0.39 is 15.8 Å². The van der Waals surface area contributed by atoms with Gasteiger partial charge in [-0.1, -0.05) is 12.1 Å². The van der Waals surface area contributed by atoms with Gasteiger partial charge < -0.3 is 0 Å². The first kappa shape index (κ1) is 12.4. The quantitative estimate of drug-likeness (QED) is 0.640. The molecular weight excluding hydrogens is 241 g/mol. The van der Waals surface area contributed by atoms with Gasteiger partial charge >= 0.3 is 0 Å². The van der Waals surface area contributed by atoms with Crippen molar-refractivity contribution in [1.82, 2.24) is 4.72 Å². The highest BCUT2D eigenvalue weighted by atomic mass is 35.5. The summed E-state index contributed by atoms with van der Waals surface area (Å²) in [6, 6.07) is 5.24. The minimum atomic E-state index is -3.75. The summed E-state index contributed by atoms with van der Waals surface area (Å²) in [6.07, 6.45) is 0.509. The molecule has 0 aromatic heterocycles. The van der Waals surface area contributed by atoms with Gasteiger partial charge in [-0.2, -0.15) is 0 Å². The maximum absolute atomic E-state index is 13.1. The highest BCUT2D eigenvalue weighted by Crippen LogP contribution is 2.12. The number of alkyl halides is 1. The Labute approximate surface area is 93.3 Å². The molecule has 0 aliphatic carbocycles. The van der Waals surface area contributed by atoms with Crippen LogP contribution in [0.15, 0.2) is 29.2 Å². The van der Waals surface area contributed by atoms with Gasteiger partial charge in [-0.05, 0) is 18.6 Å². The largest absolute Gasteiger partial charge is 0.243 e. The van der Waals surface area contributed by atoms with E-state index in [-0.39, 0.29) is 11.4 Å². The lowest BCUT2D eigenvalue weighted by molar-refractivity contribution is 0.556. The predicted molar refractivity (Wildman–Crippen MR) is 56.9 cm³/mol. The zero-order valence-electron chi connectivity index (χ0n) is 7.91. The minimum Gasteiger partial charge on any atom is -0.211 e. The Morgan fingerprint density at radius 2 is 2.00 bits per heavy atom. The summed E-state index contributed by atoms with van der Waals surface area (Å²) in [5.74, 6) is -0.393. The summed E-state index contributed by atoms with van der Waals surface area (Å²) in [6.45, 7) is 0.208. The van der Waals surface area contributed by atoms with E-state index in [0.717, 1.165) is 6.07 Å². The van der Waals surface area contributed by atoms with Crippen LogP contribution in [0.4, 0.5) is 4.39 Å². The molecule has 0 unspecified atom stereocenters. The van der Waals surface area contributed by atoms with E-state index in [4.69, 9.17) is 11.6 Å². The average molecular weight is 252 g/mol. The summed E-state index contributed by atoms with van der Waals surface area (Å²) in [7, 11) is -3.75. The highest BCUT2D eigenvalue weighted by Gasteiger charge is 2.17. The van der Waals surface area contributed by atoms with E-state index >= 15 is 0 Å². The third-order valence-electron chi connectivity index (χ3n) is 1.73. The maximum atomic E-state index is 13.1. The molecule has 0 radical (unpaired) electrons. The molecule has 0 saturated heterocycles. The zero-order valence-corrected chi connectivity index (χ0v) is 9.48. The fraction of sp³-hybridized carbons (Fsp3) is 0.333.